The Morgan fingerprint density at radius 2 is 1.93 bits per heavy atom. The van der Waals surface area contributed by atoms with Gasteiger partial charge in [0.15, 0.2) is 14.2 Å². The summed E-state index contributed by atoms with van der Waals surface area (Å²) in [5.74, 6) is -0.364. The van der Waals surface area contributed by atoms with E-state index in [1.54, 1.807) is 47.4 Å². The highest BCUT2D eigenvalue weighted by atomic mass is 32.2. The quantitative estimate of drug-likeness (QED) is 0.642. The molecule has 0 aliphatic rings. The molecule has 0 atom stereocenters. The highest BCUT2D eigenvalue weighted by Gasteiger charge is 2.10. The van der Waals surface area contributed by atoms with Crippen LogP contribution < -0.4 is 5.32 Å². The maximum atomic E-state index is 12.4. The van der Waals surface area contributed by atoms with Gasteiger partial charge < -0.3 is 5.32 Å². The summed E-state index contributed by atoms with van der Waals surface area (Å²) in [4.78, 5) is 17.9. The zero-order valence-corrected chi connectivity index (χ0v) is 17.2. The van der Waals surface area contributed by atoms with Crippen LogP contribution in [0.4, 0.5) is 5.69 Å². The number of benzene rings is 2. The Morgan fingerprint density at radius 1 is 1.19 bits per heavy atom. The van der Waals surface area contributed by atoms with Crippen LogP contribution in [0.5, 0.6) is 0 Å². The molecule has 0 radical (unpaired) electrons. The summed E-state index contributed by atoms with van der Waals surface area (Å²) in [5.41, 5.74) is 2.70. The monoisotopic (exact) mass is 418 g/mol. The Balaban J connectivity index is 1.66. The molecule has 140 valence electrons. The first kappa shape index (κ1) is 19.6. The molecule has 0 unspecified atom stereocenters. The van der Waals surface area contributed by atoms with E-state index in [1.165, 1.54) is 6.26 Å². The standard InChI is InChI=1S/C19H18N2O3S3/c1-13-11-25-19(20-13)26-17-8-6-16(7-9-17)21-18(22)15-5-3-4-14(10-15)12-27(2,23)24/h3-11H,12H2,1-2H3,(H,21,22). The second-order valence-electron chi connectivity index (χ2n) is 6.11. The number of nitrogens with one attached hydrogen (secondary N) is 1. The van der Waals surface area contributed by atoms with Crippen LogP contribution in [0.15, 0.2) is 63.1 Å². The molecule has 0 bridgehead atoms. The topological polar surface area (TPSA) is 76.1 Å². The van der Waals surface area contributed by atoms with E-state index >= 15 is 0 Å². The molecule has 0 aliphatic carbocycles. The molecule has 8 heteroatoms. The summed E-state index contributed by atoms with van der Waals surface area (Å²) in [6.07, 6.45) is 1.17. The second-order valence-corrected chi connectivity index (χ2v) is 10.4. The number of aryl methyl sites for hydroxylation is 1. The van der Waals surface area contributed by atoms with Gasteiger partial charge in [0.25, 0.3) is 5.91 Å². The van der Waals surface area contributed by atoms with Crippen LogP contribution in [-0.4, -0.2) is 25.6 Å². The van der Waals surface area contributed by atoms with Crippen LogP contribution >= 0.6 is 23.1 Å². The van der Waals surface area contributed by atoms with E-state index in [4.69, 9.17) is 0 Å². The molecule has 27 heavy (non-hydrogen) atoms. The molecule has 1 heterocycles. The van der Waals surface area contributed by atoms with Crippen molar-refractivity contribution in [3.8, 4) is 0 Å². The Labute approximate surface area is 166 Å². The van der Waals surface area contributed by atoms with Crippen molar-refractivity contribution in [1.29, 1.82) is 0 Å². The normalized spacial score (nSPS) is 11.3. The largest absolute Gasteiger partial charge is 0.322 e. The van der Waals surface area contributed by atoms with Crippen molar-refractivity contribution in [2.45, 2.75) is 21.9 Å². The molecule has 0 saturated heterocycles. The number of sulfone groups is 1. The average molecular weight is 419 g/mol. The minimum Gasteiger partial charge on any atom is -0.322 e. The lowest BCUT2D eigenvalue weighted by molar-refractivity contribution is 0.102. The molecular formula is C19H18N2O3S3. The summed E-state index contributed by atoms with van der Waals surface area (Å²) < 4.78 is 23.8. The molecular weight excluding hydrogens is 400 g/mol. The predicted octanol–water partition coefficient (Wildman–Crippen LogP) is 4.40. The lowest BCUT2D eigenvalue weighted by Crippen LogP contribution is -2.12. The van der Waals surface area contributed by atoms with Crippen molar-refractivity contribution in [3.63, 3.8) is 0 Å². The van der Waals surface area contributed by atoms with E-state index in [1.807, 2.05) is 36.6 Å². The Hall–Kier alpha value is -2.16. The van der Waals surface area contributed by atoms with Gasteiger partial charge in [0.2, 0.25) is 0 Å². The van der Waals surface area contributed by atoms with E-state index in [9.17, 15) is 13.2 Å². The number of nitrogens with zero attached hydrogens (tertiary/aromatic N) is 1. The zero-order valence-electron chi connectivity index (χ0n) is 14.8. The van der Waals surface area contributed by atoms with Gasteiger partial charge in [-0.15, -0.1) is 11.3 Å². The number of hydrogen-bond acceptors (Lipinski definition) is 6. The maximum absolute atomic E-state index is 12.4. The molecule has 1 aromatic heterocycles. The van der Waals surface area contributed by atoms with Crippen LogP contribution in [-0.2, 0) is 15.6 Å². The van der Waals surface area contributed by atoms with E-state index < -0.39 is 9.84 Å². The first-order valence-corrected chi connectivity index (χ1v) is 11.8. The van der Waals surface area contributed by atoms with Gasteiger partial charge in [0, 0.05) is 33.5 Å². The van der Waals surface area contributed by atoms with Gasteiger partial charge in [-0.3, -0.25) is 4.79 Å². The zero-order chi connectivity index (χ0) is 19.4. The molecule has 0 fully saturated rings. The van der Waals surface area contributed by atoms with Crippen LogP contribution in [0.2, 0.25) is 0 Å². The number of rotatable bonds is 6. The Morgan fingerprint density at radius 3 is 2.56 bits per heavy atom. The number of anilines is 1. The highest BCUT2D eigenvalue weighted by Crippen LogP contribution is 2.30. The average Bonchev–Trinajstić information content (AvgIpc) is 3.00. The number of amides is 1. The minimum absolute atomic E-state index is 0.0870. The lowest BCUT2D eigenvalue weighted by atomic mass is 10.1. The molecule has 0 spiro atoms. The molecule has 2 aromatic carbocycles. The predicted molar refractivity (Wildman–Crippen MR) is 110 cm³/mol. The molecule has 0 aliphatic heterocycles. The van der Waals surface area contributed by atoms with Crippen molar-refractivity contribution in [1.82, 2.24) is 4.98 Å². The molecule has 1 N–H and O–H groups in total. The van der Waals surface area contributed by atoms with Crippen LogP contribution in [0.3, 0.4) is 0 Å². The van der Waals surface area contributed by atoms with Crippen molar-refractivity contribution >= 4 is 44.5 Å². The van der Waals surface area contributed by atoms with Gasteiger partial charge in [-0.2, -0.15) is 0 Å². The van der Waals surface area contributed by atoms with E-state index in [0.717, 1.165) is 14.9 Å². The van der Waals surface area contributed by atoms with E-state index in [2.05, 4.69) is 10.3 Å². The molecule has 5 nitrogen and oxygen atoms in total. The first-order valence-electron chi connectivity index (χ1n) is 8.06. The summed E-state index contributed by atoms with van der Waals surface area (Å²) in [7, 11) is -3.15. The fourth-order valence-electron chi connectivity index (χ4n) is 2.39. The third-order valence-electron chi connectivity index (χ3n) is 3.53. The minimum atomic E-state index is -3.15. The van der Waals surface area contributed by atoms with Gasteiger partial charge in [-0.25, -0.2) is 13.4 Å². The number of thiazole rings is 1. The highest BCUT2D eigenvalue weighted by molar-refractivity contribution is 8.01. The maximum Gasteiger partial charge on any atom is 0.255 e. The fraction of sp³-hybridized carbons (Fsp3) is 0.158. The van der Waals surface area contributed by atoms with E-state index in [-0.39, 0.29) is 11.7 Å². The van der Waals surface area contributed by atoms with Crippen LogP contribution in [0.1, 0.15) is 21.6 Å². The fourth-order valence-corrected chi connectivity index (χ4v) is 4.99. The van der Waals surface area contributed by atoms with Gasteiger partial charge >= 0.3 is 0 Å². The number of hydrogen-bond donors (Lipinski definition) is 1. The van der Waals surface area contributed by atoms with Crippen molar-refractivity contribution in [2.24, 2.45) is 0 Å². The van der Waals surface area contributed by atoms with Gasteiger partial charge in [0.1, 0.15) is 0 Å². The SMILES string of the molecule is Cc1csc(Sc2ccc(NC(=O)c3cccc(CS(C)(=O)=O)c3)cc2)n1. The molecule has 3 rings (SSSR count). The first-order chi connectivity index (χ1) is 12.8. The van der Waals surface area contributed by atoms with Gasteiger partial charge in [0.05, 0.1) is 5.75 Å². The van der Waals surface area contributed by atoms with Crippen molar-refractivity contribution < 1.29 is 13.2 Å². The van der Waals surface area contributed by atoms with Crippen molar-refractivity contribution in [2.75, 3.05) is 11.6 Å². The number of carbonyl (C=O) groups excluding carboxylic acids is 1. The van der Waals surface area contributed by atoms with Crippen molar-refractivity contribution in [3.05, 3.63) is 70.7 Å². The summed E-state index contributed by atoms with van der Waals surface area (Å²) >= 11 is 3.18. The third kappa shape index (κ3) is 5.92. The van der Waals surface area contributed by atoms with Crippen LogP contribution in [0.25, 0.3) is 0 Å². The summed E-state index contributed by atoms with van der Waals surface area (Å²) in [5, 5.41) is 4.84. The number of carbonyl (C=O) groups is 1. The summed E-state index contributed by atoms with van der Waals surface area (Å²) in [6, 6.07) is 14.2. The van der Waals surface area contributed by atoms with Gasteiger partial charge in [-0.05, 0) is 48.9 Å². The third-order valence-corrected chi connectivity index (χ3v) is 6.46. The summed E-state index contributed by atoms with van der Waals surface area (Å²) in [6.45, 7) is 1.96. The smallest absolute Gasteiger partial charge is 0.255 e. The van der Waals surface area contributed by atoms with Crippen LogP contribution in [0, 0.1) is 6.92 Å². The molecule has 3 aromatic rings. The van der Waals surface area contributed by atoms with E-state index in [0.29, 0.717) is 16.8 Å². The second kappa shape index (κ2) is 8.24. The lowest BCUT2D eigenvalue weighted by Gasteiger charge is -2.07. The number of aromatic nitrogens is 1. The van der Waals surface area contributed by atoms with Gasteiger partial charge in [-0.1, -0.05) is 23.9 Å². The molecule has 1 amide bonds. The molecule has 0 saturated carbocycles. The Bertz CT molecular complexity index is 1060. The Kier molecular flexibility index (Phi) is 5.98.